The molecule has 0 radical (unpaired) electrons. The summed E-state index contributed by atoms with van der Waals surface area (Å²) in [6, 6.07) is 8.93. The molecule has 1 aromatic carbocycles. The van der Waals surface area contributed by atoms with E-state index in [1.807, 2.05) is 18.2 Å². The number of nitrogens with two attached hydrogens (primary N) is 2. The van der Waals surface area contributed by atoms with Crippen LogP contribution in [0.15, 0.2) is 34.5 Å². The van der Waals surface area contributed by atoms with Gasteiger partial charge in [-0.25, -0.2) is 9.35 Å². The number of benzene rings is 1. The van der Waals surface area contributed by atoms with E-state index in [1.165, 1.54) is 11.3 Å². The summed E-state index contributed by atoms with van der Waals surface area (Å²) in [7, 11) is -1.52. The van der Waals surface area contributed by atoms with Gasteiger partial charge in [0.2, 0.25) is 6.41 Å². The number of nitrogens with one attached hydrogen (secondary N) is 2. The third-order valence-electron chi connectivity index (χ3n) is 3.31. The first-order valence-corrected chi connectivity index (χ1v) is 8.46. The van der Waals surface area contributed by atoms with E-state index in [1.54, 1.807) is 12.1 Å². The number of anilines is 1. The van der Waals surface area contributed by atoms with Crippen molar-refractivity contribution in [2.24, 2.45) is 10.9 Å². The number of hydrogen-bond acceptors (Lipinski definition) is 4. The van der Waals surface area contributed by atoms with Crippen LogP contribution < -0.4 is 16.2 Å². The Kier molecular flexibility index (Phi) is 3.99. The standard InChI is InChI=1S/C14H12N4O3S2/c15-13(20)12-8-2-1-7(5-9(8)18-14(12)17-6-19)10-3-4-11(22-10)23(16)21/h1-6,18H,16H2,(H2,15,20)(H,17,19). The lowest BCUT2D eigenvalue weighted by atomic mass is 10.1. The molecule has 0 saturated carbocycles. The summed E-state index contributed by atoms with van der Waals surface area (Å²) in [4.78, 5) is 26.1. The number of aromatic nitrogens is 1. The quantitative estimate of drug-likeness (QED) is 0.522. The molecule has 0 spiro atoms. The van der Waals surface area contributed by atoms with Crippen molar-refractivity contribution < 1.29 is 13.8 Å². The second-order valence-electron chi connectivity index (χ2n) is 4.68. The minimum absolute atomic E-state index is 0.230. The van der Waals surface area contributed by atoms with Gasteiger partial charge in [-0.3, -0.25) is 9.59 Å². The molecule has 6 N–H and O–H groups in total. The van der Waals surface area contributed by atoms with Crippen LogP contribution in [-0.2, 0) is 15.8 Å². The van der Waals surface area contributed by atoms with Crippen molar-refractivity contribution in [2.75, 3.05) is 5.32 Å². The van der Waals surface area contributed by atoms with E-state index < -0.39 is 16.9 Å². The highest BCUT2D eigenvalue weighted by Crippen LogP contribution is 2.33. The summed E-state index contributed by atoms with van der Waals surface area (Å²) < 4.78 is 11.9. The fourth-order valence-corrected chi connectivity index (χ4v) is 3.89. The molecular formula is C14H12N4O3S2. The lowest BCUT2D eigenvalue weighted by Crippen LogP contribution is -2.13. The lowest BCUT2D eigenvalue weighted by Gasteiger charge is -1.99. The topological polar surface area (TPSA) is 131 Å². The minimum atomic E-state index is -1.52. The van der Waals surface area contributed by atoms with Crippen molar-refractivity contribution in [3.63, 3.8) is 0 Å². The van der Waals surface area contributed by atoms with E-state index in [-0.39, 0.29) is 11.4 Å². The van der Waals surface area contributed by atoms with Gasteiger partial charge >= 0.3 is 0 Å². The fourth-order valence-electron chi connectivity index (χ4n) is 2.36. The van der Waals surface area contributed by atoms with Gasteiger partial charge < -0.3 is 16.0 Å². The van der Waals surface area contributed by atoms with Crippen LogP contribution >= 0.6 is 11.3 Å². The number of H-pyrrole nitrogens is 1. The van der Waals surface area contributed by atoms with Crippen LogP contribution in [0, 0.1) is 0 Å². The van der Waals surface area contributed by atoms with E-state index in [2.05, 4.69) is 10.3 Å². The average Bonchev–Trinajstić information content (AvgIpc) is 3.11. The maximum absolute atomic E-state index is 11.6. The SMILES string of the molecule is NC(=O)c1c(NC=O)[nH]c2cc(-c3ccc(S(N)=O)s3)ccc12. The highest BCUT2D eigenvalue weighted by Gasteiger charge is 2.17. The molecule has 2 heterocycles. The van der Waals surface area contributed by atoms with Gasteiger partial charge in [-0.05, 0) is 23.8 Å². The normalized spacial score (nSPS) is 12.2. The number of rotatable bonds is 5. The summed E-state index contributed by atoms with van der Waals surface area (Å²) in [6.07, 6.45) is 0.472. The minimum Gasteiger partial charge on any atom is -0.365 e. The van der Waals surface area contributed by atoms with Crippen molar-refractivity contribution >= 4 is 51.4 Å². The van der Waals surface area contributed by atoms with Crippen LogP contribution in [0.5, 0.6) is 0 Å². The molecule has 0 bridgehead atoms. The lowest BCUT2D eigenvalue weighted by molar-refractivity contribution is -0.105. The van der Waals surface area contributed by atoms with E-state index in [0.29, 0.717) is 21.5 Å². The number of aromatic amines is 1. The predicted molar refractivity (Wildman–Crippen MR) is 90.4 cm³/mol. The molecule has 2 amide bonds. The van der Waals surface area contributed by atoms with E-state index in [9.17, 15) is 13.8 Å². The number of fused-ring (bicyclic) bond motifs is 1. The zero-order chi connectivity index (χ0) is 16.6. The van der Waals surface area contributed by atoms with Crippen LogP contribution in [0.25, 0.3) is 21.3 Å². The highest BCUT2D eigenvalue weighted by molar-refractivity contribution is 7.85. The molecule has 9 heteroatoms. The molecule has 0 aliphatic heterocycles. The third kappa shape index (κ3) is 2.77. The molecule has 0 saturated heterocycles. The summed E-state index contributed by atoms with van der Waals surface area (Å²) >= 11 is 1.33. The van der Waals surface area contributed by atoms with E-state index in [4.69, 9.17) is 10.9 Å². The molecule has 1 atom stereocenters. The zero-order valence-electron chi connectivity index (χ0n) is 11.7. The number of carbonyl (C=O) groups excluding carboxylic acids is 2. The Morgan fingerprint density at radius 3 is 2.70 bits per heavy atom. The Morgan fingerprint density at radius 2 is 2.09 bits per heavy atom. The number of primary amides is 1. The second kappa shape index (κ2) is 5.95. The molecule has 2 aromatic heterocycles. The Hall–Kier alpha value is -2.49. The largest absolute Gasteiger partial charge is 0.365 e. The highest BCUT2D eigenvalue weighted by atomic mass is 32.2. The molecular weight excluding hydrogens is 336 g/mol. The number of carbonyl (C=O) groups is 2. The third-order valence-corrected chi connectivity index (χ3v) is 5.52. The first kappa shape index (κ1) is 15.4. The Labute approximate surface area is 137 Å². The maximum Gasteiger partial charge on any atom is 0.253 e. The first-order chi connectivity index (χ1) is 11.0. The van der Waals surface area contributed by atoms with Crippen LogP contribution in [-0.4, -0.2) is 21.5 Å². The summed E-state index contributed by atoms with van der Waals surface area (Å²) in [5.74, 6) is -0.375. The molecule has 3 rings (SSSR count). The van der Waals surface area contributed by atoms with Gasteiger partial charge in [0.25, 0.3) is 5.91 Å². The van der Waals surface area contributed by atoms with Crippen molar-refractivity contribution in [1.29, 1.82) is 0 Å². The molecule has 1 unspecified atom stereocenters. The zero-order valence-corrected chi connectivity index (χ0v) is 13.3. The van der Waals surface area contributed by atoms with E-state index in [0.717, 1.165) is 10.4 Å². The average molecular weight is 348 g/mol. The molecule has 0 fully saturated rings. The maximum atomic E-state index is 11.6. The monoisotopic (exact) mass is 348 g/mol. The Bertz CT molecular complexity index is 945. The molecule has 23 heavy (non-hydrogen) atoms. The van der Waals surface area contributed by atoms with Crippen LogP contribution in [0.1, 0.15) is 10.4 Å². The number of thiophene rings is 1. The van der Waals surface area contributed by atoms with Crippen LogP contribution in [0.3, 0.4) is 0 Å². The van der Waals surface area contributed by atoms with Crippen molar-refractivity contribution in [1.82, 2.24) is 4.98 Å². The molecule has 0 aliphatic rings. The molecule has 0 aliphatic carbocycles. The molecule has 7 nitrogen and oxygen atoms in total. The van der Waals surface area contributed by atoms with Crippen LogP contribution in [0.2, 0.25) is 0 Å². The van der Waals surface area contributed by atoms with Gasteiger partial charge in [-0.1, -0.05) is 12.1 Å². The summed E-state index contributed by atoms with van der Waals surface area (Å²) in [5, 5.41) is 8.42. The van der Waals surface area contributed by atoms with Gasteiger partial charge in [0, 0.05) is 15.8 Å². The Balaban J connectivity index is 2.13. The van der Waals surface area contributed by atoms with E-state index >= 15 is 0 Å². The second-order valence-corrected chi connectivity index (χ2v) is 7.05. The Morgan fingerprint density at radius 1 is 1.30 bits per heavy atom. The van der Waals surface area contributed by atoms with Gasteiger partial charge in [-0.2, -0.15) is 0 Å². The fraction of sp³-hybridized carbons (Fsp3) is 0. The van der Waals surface area contributed by atoms with Gasteiger partial charge in [0.15, 0.2) is 0 Å². The summed E-state index contributed by atoms with van der Waals surface area (Å²) in [5.41, 5.74) is 7.14. The van der Waals surface area contributed by atoms with Gasteiger partial charge in [-0.15, -0.1) is 11.3 Å². The summed E-state index contributed by atoms with van der Waals surface area (Å²) in [6.45, 7) is 0. The molecule has 3 aromatic rings. The van der Waals surface area contributed by atoms with Gasteiger partial charge in [0.1, 0.15) is 21.0 Å². The smallest absolute Gasteiger partial charge is 0.253 e. The van der Waals surface area contributed by atoms with Gasteiger partial charge in [0.05, 0.1) is 5.56 Å². The molecule has 118 valence electrons. The number of amides is 2. The first-order valence-electron chi connectivity index (χ1n) is 6.43. The predicted octanol–water partition coefficient (Wildman–Crippen LogP) is 1.54. The van der Waals surface area contributed by atoms with Crippen molar-refractivity contribution in [3.8, 4) is 10.4 Å². The van der Waals surface area contributed by atoms with Crippen LogP contribution in [0.4, 0.5) is 5.82 Å². The van der Waals surface area contributed by atoms with Crippen molar-refractivity contribution in [2.45, 2.75) is 4.21 Å². The van der Waals surface area contributed by atoms with Crippen molar-refractivity contribution in [3.05, 3.63) is 35.9 Å². The number of hydrogen-bond donors (Lipinski definition) is 4.